The minimum absolute atomic E-state index is 0. The van der Waals surface area contributed by atoms with Crippen LogP contribution < -0.4 is 5.32 Å². The van der Waals surface area contributed by atoms with Crippen LogP contribution in [0.4, 0.5) is 4.79 Å². The molecular formula is C15H29ClN4O2. The van der Waals surface area contributed by atoms with E-state index in [1.165, 1.54) is 0 Å². The van der Waals surface area contributed by atoms with Crippen molar-refractivity contribution in [1.82, 2.24) is 20.0 Å². The number of hydrogen-bond acceptors (Lipinski definition) is 3. The Kier molecular flexibility index (Phi) is 7.96. The Morgan fingerprint density at radius 2 is 1.64 bits per heavy atom. The number of likely N-dealkylation sites (N-methyl/N-ethyl adjacent to an activating group) is 2. The van der Waals surface area contributed by atoms with E-state index in [1.807, 2.05) is 23.9 Å². The first kappa shape index (κ1) is 19.0. The number of halogens is 1. The fraction of sp³-hybridized carbons (Fsp3) is 0.867. The Hall–Kier alpha value is -1.01. The first-order valence-electron chi connectivity index (χ1n) is 8.07. The largest absolute Gasteiger partial charge is 0.344 e. The van der Waals surface area contributed by atoms with Gasteiger partial charge in [0.15, 0.2) is 0 Å². The summed E-state index contributed by atoms with van der Waals surface area (Å²) in [7, 11) is 3.75. The summed E-state index contributed by atoms with van der Waals surface area (Å²) in [5.41, 5.74) is 0. The van der Waals surface area contributed by atoms with Crippen molar-refractivity contribution in [1.29, 1.82) is 0 Å². The molecule has 22 heavy (non-hydrogen) atoms. The number of likely N-dealkylation sites (tertiary alicyclic amines) is 2. The Labute approximate surface area is 139 Å². The van der Waals surface area contributed by atoms with E-state index in [2.05, 4.69) is 5.32 Å². The highest BCUT2D eigenvalue weighted by molar-refractivity contribution is 5.85. The van der Waals surface area contributed by atoms with E-state index in [-0.39, 0.29) is 30.3 Å². The van der Waals surface area contributed by atoms with Gasteiger partial charge in [0, 0.05) is 52.2 Å². The smallest absolute Gasteiger partial charge is 0.319 e. The molecule has 0 spiro atoms. The highest BCUT2D eigenvalue weighted by Gasteiger charge is 2.31. The molecule has 0 radical (unpaired) electrons. The van der Waals surface area contributed by atoms with Crippen molar-refractivity contribution in [2.45, 2.75) is 25.7 Å². The lowest BCUT2D eigenvalue weighted by atomic mass is 9.95. The van der Waals surface area contributed by atoms with Gasteiger partial charge in [-0.25, -0.2) is 4.79 Å². The third-order valence-electron chi connectivity index (χ3n) is 4.56. The molecule has 128 valence electrons. The third kappa shape index (κ3) is 4.74. The Morgan fingerprint density at radius 1 is 1.09 bits per heavy atom. The van der Waals surface area contributed by atoms with E-state index in [0.717, 1.165) is 51.9 Å². The van der Waals surface area contributed by atoms with E-state index >= 15 is 0 Å². The molecule has 3 amide bonds. The summed E-state index contributed by atoms with van der Waals surface area (Å²) in [4.78, 5) is 30.3. The molecule has 2 rings (SSSR count). The predicted molar refractivity (Wildman–Crippen MR) is 89.3 cm³/mol. The topological polar surface area (TPSA) is 55.9 Å². The van der Waals surface area contributed by atoms with Gasteiger partial charge in [-0.05, 0) is 32.7 Å². The summed E-state index contributed by atoms with van der Waals surface area (Å²) in [6, 6.07) is 0.168. The maximum absolute atomic E-state index is 12.3. The lowest BCUT2D eigenvalue weighted by molar-refractivity contribution is -0.135. The van der Waals surface area contributed by atoms with Gasteiger partial charge in [-0.2, -0.15) is 0 Å². The van der Waals surface area contributed by atoms with Crippen LogP contribution in [0.5, 0.6) is 0 Å². The standard InChI is InChI=1S/C15H28N4O2.ClH/c1-16-7-12-17(2)14(20)13-5-10-19(11-6-13)15(21)18-8-3-4-9-18;/h13,16H,3-12H2,1-2H3;1H. The van der Waals surface area contributed by atoms with Gasteiger partial charge in [0.2, 0.25) is 5.91 Å². The van der Waals surface area contributed by atoms with Crippen molar-refractivity contribution in [2.75, 3.05) is 53.4 Å². The molecular weight excluding hydrogens is 304 g/mol. The molecule has 0 saturated carbocycles. The van der Waals surface area contributed by atoms with Gasteiger partial charge in [0.05, 0.1) is 0 Å². The molecule has 0 atom stereocenters. The van der Waals surface area contributed by atoms with Gasteiger partial charge in [0.1, 0.15) is 0 Å². The molecule has 0 bridgehead atoms. The molecule has 0 aromatic carbocycles. The van der Waals surface area contributed by atoms with Crippen LogP contribution in [0, 0.1) is 5.92 Å². The second kappa shape index (κ2) is 9.20. The van der Waals surface area contributed by atoms with Crippen molar-refractivity contribution in [3.8, 4) is 0 Å². The van der Waals surface area contributed by atoms with Crippen molar-refractivity contribution in [3.05, 3.63) is 0 Å². The van der Waals surface area contributed by atoms with Crippen LogP contribution >= 0.6 is 12.4 Å². The number of rotatable bonds is 4. The number of nitrogens with one attached hydrogen (secondary N) is 1. The van der Waals surface area contributed by atoms with E-state index in [9.17, 15) is 9.59 Å². The Balaban J connectivity index is 0.00000242. The zero-order chi connectivity index (χ0) is 15.2. The lowest BCUT2D eigenvalue weighted by Gasteiger charge is -2.35. The number of piperidine rings is 1. The number of carbonyl (C=O) groups is 2. The maximum atomic E-state index is 12.3. The summed E-state index contributed by atoms with van der Waals surface area (Å²) in [5.74, 6) is 0.299. The Morgan fingerprint density at radius 3 is 2.18 bits per heavy atom. The third-order valence-corrected chi connectivity index (χ3v) is 4.56. The number of carbonyl (C=O) groups excluding carboxylic acids is 2. The van der Waals surface area contributed by atoms with E-state index in [0.29, 0.717) is 13.1 Å². The SMILES string of the molecule is CNCCN(C)C(=O)C1CCN(C(=O)N2CCCC2)CC1.Cl. The molecule has 6 nitrogen and oxygen atoms in total. The molecule has 1 N–H and O–H groups in total. The average Bonchev–Trinajstić information content (AvgIpc) is 3.05. The Bertz CT molecular complexity index is 367. The number of nitrogens with zero attached hydrogens (tertiary/aromatic N) is 3. The number of hydrogen-bond donors (Lipinski definition) is 1. The summed E-state index contributed by atoms with van der Waals surface area (Å²) in [6.07, 6.45) is 3.83. The summed E-state index contributed by atoms with van der Waals surface area (Å²) < 4.78 is 0. The molecule has 2 saturated heterocycles. The molecule has 0 aliphatic carbocycles. The van der Waals surface area contributed by atoms with Crippen LogP contribution in [0.1, 0.15) is 25.7 Å². The zero-order valence-electron chi connectivity index (χ0n) is 13.7. The normalized spacial score (nSPS) is 19.0. The number of amides is 3. The first-order chi connectivity index (χ1) is 10.1. The monoisotopic (exact) mass is 332 g/mol. The molecule has 2 aliphatic rings. The number of urea groups is 1. The molecule has 2 aliphatic heterocycles. The van der Waals surface area contributed by atoms with Crippen LogP contribution in [0.3, 0.4) is 0 Å². The van der Waals surface area contributed by atoms with Crippen LogP contribution in [-0.4, -0.2) is 80.0 Å². The van der Waals surface area contributed by atoms with Crippen LogP contribution in [0.2, 0.25) is 0 Å². The minimum atomic E-state index is 0. The molecule has 0 aromatic rings. The van der Waals surface area contributed by atoms with Gasteiger partial charge in [0.25, 0.3) is 0 Å². The van der Waals surface area contributed by atoms with E-state index in [4.69, 9.17) is 0 Å². The highest BCUT2D eigenvalue weighted by Crippen LogP contribution is 2.21. The lowest BCUT2D eigenvalue weighted by Crippen LogP contribution is -2.48. The van der Waals surface area contributed by atoms with Crippen molar-refractivity contribution in [2.24, 2.45) is 5.92 Å². The minimum Gasteiger partial charge on any atom is -0.344 e. The van der Waals surface area contributed by atoms with Crippen molar-refractivity contribution in [3.63, 3.8) is 0 Å². The summed E-state index contributed by atoms with van der Waals surface area (Å²) >= 11 is 0. The first-order valence-corrected chi connectivity index (χ1v) is 8.07. The van der Waals surface area contributed by atoms with Crippen LogP contribution in [-0.2, 0) is 4.79 Å². The van der Waals surface area contributed by atoms with Gasteiger partial charge < -0.3 is 20.0 Å². The van der Waals surface area contributed by atoms with E-state index < -0.39 is 0 Å². The second-order valence-electron chi connectivity index (χ2n) is 6.10. The maximum Gasteiger partial charge on any atom is 0.319 e. The van der Waals surface area contributed by atoms with Crippen molar-refractivity contribution >= 4 is 24.3 Å². The van der Waals surface area contributed by atoms with E-state index in [1.54, 1.807) is 4.90 Å². The van der Waals surface area contributed by atoms with Crippen LogP contribution in [0.25, 0.3) is 0 Å². The fourth-order valence-corrected chi connectivity index (χ4v) is 3.13. The summed E-state index contributed by atoms with van der Waals surface area (Å²) in [6.45, 7) is 4.77. The van der Waals surface area contributed by atoms with Gasteiger partial charge in [-0.1, -0.05) is 0 Å². The molecule has 2 fully saturated rings. The van der Waals surface area contributed by atoms with Gasteiger partial charge in [-0.15, -0.1) is 12.4 Å². The highest BCUT2D eigenvalue weighted by atomic mass is 35.5. The van der Waals surface area contributed by atoms with Crippen molar-refractivity contribution < 1.29 is 9.59 Å². The van der Waals surface area contributed by atoms with Gasteiger partial charge in [-0.3, -0.25) is 4.79 Å². The van der Waals surface area contributed by atoms with Crippen LogP contribution in [0.15, 0.2) is 0 Å². The predicted octanol–water partition coefficient (Wildman–Crippen LogP) is 1.01. The van der Waals surface area contributed by atoms with Gasteiger partial charge >= 0.3 is 6.03 Å². The average molecular weight is 333 g/mol. The molecule has 7 heteroatoms. The zero-order valence-corrected chi connectivity index (χ0v) is 14.5. The molecule has 0 unspecified atom stereocenters. The second-order valence-corrected chi connectivity index (χ2v) is 6.10. The molecule has 2 heterocycles. The molecule has 0 aromatic heterocycles. The summed E-state index contributed by atoms with van der Waals surface area (Å²) in [5, 5.41) is 3.06. The quantitative estimate of drug-likeness (QED) is 0.836. The fourth-order valence-electron chi connectivity index (χ4n) is 3.13.